The summed E-state index contributed by atoms with van der Waals surface area (Å²) in [6.45, 7) is 4.97. The third kappa shape index (κ3) is 8.11. The van der Waals surface area contributed by atoms with Crippen molar-refractivity contribution in [2.24, 2.45) is 0 Å². The Hall–Kier alpha value is -1.99. The second-order valence-electron chi connectivity index (χ2n) is 7.10. The molecule has 1 amide bonds. The van der Waals surface area contributed by atoms with Gasteiger partial charge in [-0.3, -0.25) is 9.10 Å². The molecule has 0 aliphatic carbocycles. The fourth-order valence-corrected chi connectivity index (χ4v) is 4.79. The van der Waals surface area contributed by atoms with Crippen LogP contribution in [0, 0.1) is 13.8 Å². The van der Waals surface area contributed by atoms with Gasteiger partial charge in [0.2, 0.25) is 15.9 Å². The maximum atomic E-state index is 12.1. The average molecular weight is 435 g/mol. The highest BCUT2D eigenvalue weighted by atomic mass is 32.2. The van der Waals surface area contributed by atoms with Gasteiger partial charge in [0.25, 0.3) is 0 Å². The quantitative estimate of drug-likeness (QED) is 0.545. The maximum absolute atomic E-state index is 12.1. The number of benzene rings is 2. The van der Waals surface area contributed by atoms with Crippen LogP contribution in [0.4, 0.5) is 5.69 Å². The molecular weight excluding hydrogens is 404 g/mol. The first-order chi connectivity index (χ1) is 13.8. The van der Waals surface area contributed by atoms with Crippen molar-refractivity contribution >= 4 is 33.4 Å². The van der Waals surface area contributed by atoms with E-state index in [-0.39, 0.29) is 12.5 Å². The molecule has 0 radical (unpaired) electrons. The molecule has 0 aromatic heterocycles. The zero-order valence-electron chi connectivity index (χ0n) is 17.3. The van der Waals surface area contributed by atoms with Crippen LogP contribution in [-0.4, -0.2) is 39.4 Å². The molecule has 2 aromatic carbocycles. The number of nitrogens with zero attached hydrogens (tertiary/aromatic N) is 1. The van der Waals surface area contributed by atoms with Gasteiger partial charge < -0.3 is 5.32 Å². The molecule has 0 fully saturated rings. The van der Waals surface area contributed by atoms with Crippen LogP contribution in [0.1, 0.15) is 29.5 Å². The second-order valence-corrected chi connectivity index (χ2v) is 10.1. The molecule has 0 aliphatic heterocycles. The van der Waals surface area contributed by atoms with Gasteiger partial charge in [-0.05, 0) is 43.5 Å². The molecule has 7 heteroatoms. The summed E-state index contributed by atoms with van der Waals surface area (Å²) in [5.41, 5.74) is 4.31. The Balaban J connectivity index is 1.69. The lowest BCUT2D eigenvalue weighted by atomic mass is 10.1. The van der Waals surface area contributed by atoms with E-state index in [1.165, 1.54) is 21.7 Å². The molecule has 158 valence electrons. The van der Waals surface area contributed by atoms with Crippen molar-refractivity contribution in [1.82, 2.24) is 5.32 Å². The standard InChI is InChI=1S/C22H30N2O3S2/c1-18-10-12-21(13-11-18)24(29(3,26)27)15-6-9-22(25)23-14-16-28-17-20-8-5-4-7-19(20)2/h4-5,7-8,10-13H,6,9,14-17H2,1-3H3,(H,23,25). The van der Waals surface area contributed by atoms with Crippen molar-refractivity contribution in [2.45, 2.75) is 32.4 Å². The van der Waals surface area contributed by atoms with E-state index in [1.807, 2.05) is 31.2 Å². The lowest BCUT2D eigenvalue weighted by Crippen LogP contribution is -2.32. The van der Waals surface area contributed by atoms with Crippen molar-refractivity contribution in [3.63, 3.8) is 0 Å². The predicted octanol–water partition coefficient (Wildman–Crippen LogP) is 3.90. The summed E-state index contributed by atoms with van der Waals surface area (Å²) in [7, 11) is -3.38. The lowest BCUT2D eigenvalue weighted by molar-refractivity contribution is -0.121. The van der Waals surface area contributed by atoms with Gasteiger partial charge in [-0.25, -0.2) is 8.42 Å². The third-order valence-electron chi connectivity index (χ3n) is 4.57. The van der Waals surface area contributed by atoms with Gasteiger partial charge in [-0.15, -0.1) is 0 Å². The van der Waals surface area contributed by atoms with E-state index in [2.05, 4.69) is 24.4 Å². The first kappa shape index (κ1) is 23.3. The van der Waals surface area contributed by atoms with Crippen molar-refractivity contribution in [1.29, 1.82) is 0 Å². The van der Waals surface area contributed by atoms with Crippen LogP contribution in [0.2, 0.25) is 0 Å². The SMILES string of the molecule is Cc1ccc(N(CCCC(=O)NCCSCc2ccccc2C)S(C)(=O)=O)cc1. The number of rotatable bonds is 11. The Labute approximate surface area is 178 Å². The zero-order chi connectivity index (χ0) is 21.3. The highest BCUT2D eigenvalue weighted by molar-refractivity contribution is 7.98. The van der Waals surface area contributed by atoms with Crippen LogP contribution in [-0.2, 0) is 20.6 Å². The van der Waals surface area contributed by atoms with Gasteiger partial charge in [-0.2, -0.15) is 11.8 Å². The Morgan fingerprint density at radius 2 is 1.76 bits per heavy atom. The molecule has 0 saturated heterocycles. The molecule has 5 nitrogen and oxygen atoms in total. The summed E-state index contributed by atoms with van der Waals surface area (Å²) < 4.78 is 25.6. The maximum Gasteiger partial charge on any atom is 0.232 e. The number of carbonyl (C=O) groups excluding carboxylic acids is 1. The van der Waals surface area contributed by atoms with Crippen molar-refractivity contribution in [3.8, 4) is 0 Å². The minimum absolute atomic E-state index is 0.0427. The monoisotopic (exact) mass is 434 g/mol. The van der Waals surface area contributed by atoms with E-state index in [4.69, 9.17) is 0 Å². The topological polar surface area (TPSA) is 66.5 Å². The van der Waals surface area contributed by atoms with E-state index in [0.717, 1.165) is 17.1 Å². The van der Waals surface area contributed by atoms with Gasteiger partial charge in [0.1, 0.15) is 0 Å². The van der Waals surface area contributed by atoms with Crippen LogP contribution in [0.25, 0.3) is 0 Å². The minimum atomic E-state index is -3.38. The fourth-order valence-electron chi connectivity index (χ4n) is 2.89. The van der Waals surface area contributed by atoms with Crippen molar-refractivity contribution in [3.05, 3.63) is 65.2 Å². The van der Waals surface area contributed by atoms with Crippen LogP contribution in [0.3, 0.4) is 0 Å². The number of hydrogen-bond acceptors (Lipinski definition) is 4. The number of thioether (sulfide) groups is 1. The molecule has 2 rings (SSSR count). The first-order valence-electron chi connectivity index (χ1n) is 9.70. The van der Waals surface area contributed by atoms with Gasteiger partial charge in [0, 0.05) is 31.0 Å². The van der Waals surface area contributed by atoms with Gasteiger partial charge in [-0.1, -0.05) is 42.0 Å². The van der Waals surface area contributed by atoms with Crippen molar-refractivity contribution in [2.75, 3.05) is 29.4 Å². The molecule has 0 atom stereocenters. The summed E-state index contributed by atoms with van der Waals surface area (Å²) in [5.74, 6) is 1.74. The second kappa shape index (κ2) is 11.3. The Bertz CT molecular complexity index is 897. The number of nitrogens with one attached hydrogen (secondary N) is 1. The summed E-state index contributed by atoms with van der Waals surface area (Å²) in [6.07, 6.45) is 1.97. The Kier molecular flexibility index (Phi) is 9.04. The highest BCUT2D eigenvalue weighted by Crippen LogP contribution is 2.19. The molecule has 29 heavy (non-hydrogen) atoms. The van der Waals surface area contributed by atoms with Crippen LogP contribution >= 0.6 is 11.8 Å². The fraction of sp³-hybridized carbons (Fsp3) is 0.409. The van der Waals surface area contributed by atoms with E-state index < -0.39 is 10.0 Å². The molecule has 0 saturated carbocycles. The first-order valence-corrected chi connectivity index (χ1v) is 12.7. The third-order valence-corrected chi connectivity index (χ3v) is 6.78. The summed E-state index contributed by atoms with van der Waals surface area (Å²) in [5, 5.41) is 2.92. The molecule has 0 aliphatic rings. The minimum Gasteiger partial charge on any atom is -0.355 e. The van der Waals surface area contributed by atoms with E-state index >= 15 is 0 Å². The highest BCUT2D eigenvalue weighted by Gasteiger charge is 2.17. The normalized spacial score (nSPS) is 11.3. The number of anilines is 1. The van der Waals surface area contributed by atoms with Gasteiger partial charge in [0.05, 0.1) is 11.9 Å². The molecule has 0 heterocycles. The van der Waals surface area contributed by atoms with Crippen LogP contribution in [0.5, 0.6) is 0 Å². The van der Waals surface area contributed by atoms with Gasteiger partial charge in [0.15, 0.2) is 0 Å². The number of aryl methyl sites for hydroxylation is 2. The van der Waals surface area contributed by atoms with Crippen LogP contribution in [0.15, 0.2) is 48.5 Å². The number of amides is 1. The van der Waals surface area contributed by atoms with E-state index in [0.29, 0.717) is 25.1 Å². The Morgan fingerprint density at radius 3 is 2.41 bits per heavy atom. The molecule has 0 spiro atoms. The largest absolute Gasteiger partial charge is 0.355 e. The molecule has 2 aromatic rings. The molecule has 1 N–H and O–H groups in total. The molecule has 0 bridgehead atoms. The van der Waals surface area contributed by atoms with Gasteiger partial charge >= 0.3 is 0 Å². The van der Waals surface area contributed by atoms with E-state index in [1.54, 1.807) is 23.9 Å². The van der Waals surface area contributed by atoms with Crippen molar-refractivity contribution < 1.29 is 13.2 Å². The van der Waals surface area contributed by atoms with Crippen LogP contribution < -0.4 is 9.62 Å². The zero-order valence-corrected chi connectivity index (χ0v) is 19.0. The molecule has 0 unspecified atom stereocenters. The smallest absolute Gasteiger partial charge is 0.232 e. The molecular formula is C22H30N2O3S2. The lowest BCUT2D eigenvalue weighted by Gasteiger charge is -2.22. The van der Waals surface area contributed by atoms with E-state index in [9.17, 15) is 13.2 Å². The summed E-state index contributed by atoms with van der Waals surface area (Å²) in [4.78, 5) is 12.1. The number of hydrogen-bond donors (Lipinski definition) is 1. The Morgan fingerprint density at radius 1 is 1.07 bits per heavy atom. The summed E-state index contributed by atoms with van der Waals surface area (Å²) in [6, 6.07) is 15.7. The predicted molar refractivity (Wildman–Crippen MR) is 123 cm³/mol. The number of sulfonamides is 1. The average Bonchev–Trinajstić information content (AvgIpc) is 2.66. The number of carbonyl (C=O) groups is 1. The summed E-state index contributed by atoms with van der Waals surface area (Å²) >= 11 is 1.79.